The molecule has 0 bridgehead atoms. The number of nitrogens with zero attached hydrogens (tertiary/aromatic N) is 1. The fraction of sp³-hybridized carbons (Fsp3) is 0.556. The van der Waals surface area contributed by atoms with Crippen LogP contribution in [0.1, 0.15) is 44.7 Å². The number of hydrogen-bond donors (Lipinski definition) is 0. The van der Waals surface area contributed by atoms with Crippen LogP contribution in [0.15, 0.2) is 30.8 Å². The van der Waals surface area contributed by atoms with Crippen LogP contribution in [-0.2, 0) is 6.42 Å². The van der Waals surface area contributed by atoms with Gasteiger partial charge >= 0.3 is 0 Å². The molecule has 0 saturated heterocycles. The second kappa shape index (κ2) is 8.16. The molecule has 0 saturated carbocycles. The summed E-state index contributed by atoms with van der Waals surface area (Å²) in [5.41, 5.74) is 2.66. The van der Waals surface area contributed by atoms with Gasteiger partial charge in [0.1, 0.15) is 0 Å². The molecule has 0 fully saturated rings. The SMILES string of the molecule is C=Cc1ccc(CCCC[N+](CC)(CC)CC)cc1. The highest BCUT2D eigenvalue weighted by Crippen LogP contribution is 2.12. The van der Waals surface area contributed by atoms with Crippen LogP contribution in [0.3, 0.4) is 0 Å². The average Bonchev–Trinajstić information content (AvgIpc) is 2.49. The fourth-order valence-corrected chi connectivity index (χ4v) is 2.74. The summed E-state index contributed by atoms with van der Waals surface area (Å²) in [6, 6.07) is 8.79. The molecule has 1 aromatic rings. The fourth-order valence-electron chi connectivity index (χ4n) is 2.74. The molecule has 0 spiro atoms. The molecule has 0 radical (unpaired) electrons. The Kier molecular flexibility index (Phi) is 6.86. The molecule has 1 nitrogen and oxygen atoms in total. The third kappa shape index (κ3) is 4.83. The Balaban J connectivity index is 2.35. The van der Waals surface area contributed by atoms with E-state index in [4.69, 9.17) is 0 Å². The van der Waals surface area contributed by atoms with E-state index in [9.17, 15) is 0 Å². The Morgan fingerprint density at radius 3 is 2.00 bits per heavy atom. The molecule has 19 heavy (non-hydrogen) atoms. The standard InChI is InChI=1S/C18H30N/c1-5-17-12-14-18(15-13-17)11-9-10-16-19(6-2,7-3)8-4/h5,12-15H,1,6-11,16H2,2-4H3/q+1. The summed E-state index contributed by atoms with van der Waals surface area (Å²) < 4.78 is 1.27. The van der Waals surface area contributed by atoms with Gasteiger partial charge in [0.05, 0.1) is 26.2 Å². The molecule has 0 aliphatic heterocycles. The van der Waals surface area contributed by atoms with Gasteiger partial charge in [0.2, 0.25) is 0 Å². The zero-order valence-electron chi connectivity index (χ0n) is 13.0. The predicted molar refractivity (Wildman–Crippen MR) is 86.2 cm³/mol. The molecule has 1 rings (SSSR count). The third-order valence-electron chi connectivity index (χ3n) is 4.58. The third-order valence-corrected chi connectivity index (χ3v) is 4.58. The largest absolute Gasteiger partial charge is 0.324 e. The van der Waals surface area contributed by atoms with Gasteiger partial charge in [-0.15, -0.1) is 0 Å². The Bertz CT molecular complexity index is 352. The molecule has 0 heterocycles. The van der Waals surface area contributed by atoms with Gasteiger partial charge in [0, 0.05) is 0 Å². The van der Waals surface area contributed by atoms with E-state index < -0.39 is 0 Å². The van der Waals surface area contributed by atoms with E-state index >= 15 is 0 Å². The molecule has 0 unspecified atom stereocenters. The van der Waals surface area contributed by atoms with E-state index in [1.807, 2.05) is 6.08 Å². The van der Waals surface area contributed by atoms with Gasteiger partial charge in [-0.2, -0.15) is 0 Å². The molecular formula is C18H30N+. The van der Waals surface area contributed by atoms with Crippen molar-refractivity contribution in [3.05, 3.63) is 42.0 Å². The molecule has 0 N–H and O–H groups in total. The minimum absolute atomic E-state index is 1.20. The average molecular weight is 260 g/mol. The van der Waals surface area contributed by atoms with E-state index in [1.165, 1.54) is 61.1 Å². The number of aryl methyl sites for hydroxylation is 1. The highest BCUT2D eigenvalue weighted by Gasteiger charge is 2.19. The normalized spacial score (nSPS) is 11.5. The quantitative estimate of drug-likeness (QED) is 0.452. The van der Waals surface area contributed by atoms with Gasteiger partial charge in [-0.25, -0.2) is 0 Å². The van der Waals surface area contributed by atoms with E-state index in [0.29, 0.717) is 0 Å². The van der Waals surface area contributed by atoms with Crippen molar-refractivity contribution in [3.63, 3.8) is 0 Å². The van der Waals surface area contributed by atoms with Crippen molar-refractivity contribution in [1.82, 2.24) is 0 Å². The highest BCUT2D eigenvalue weighted by atomic mass is 15.3. The first-order valence-corrected chi connectivity index (χ1v) is 7.76. The molecule has 0 aliphatic carbocycles. The summed E-state index contributed by atoms with van der Waals surface area (Å²) in [5.74, 6) is 0. The molecule has 106 valence electrons. The van der Waals surface area contributed by atoms with Gasteiger partial charge in [-0.1, -0.05) is 36.9 Å². The lowest BCUT2D eigenvalue weighted by Gasteiger charge is -2.35. The Labute approximate surface area is 119 Å². The Morgan fingerprint density at radius 2 is 1.53 bits per heavy atom. The maximum absolute atomic E-state index is 3.79. The summed E-state index contributed by atoms with van der Waals surface area (Å²) in [5, 5.41) is 0. The lowest BCUT2D eigenvalue weighted by atomic mass is 10.1. The van der Waals surface area contributed by atoms with Gasteiger partial charge in [0.25, 0.3) is 0 Å². The van der Waals surface area contributed by atoms with Crippen molar-refractivity contribution in [2.45, 2.75) is 40.0 Å². The Morgan fingerprint density at radius 1 is 0.947 bits per heavy atom. The maximum Gasteiger partial charge on any atom is 0.0786 e. The first-order chi connectivity index (χ1) is 9.19. The monoisotopic (exact) mass is 260 g/mol. The van der Waals surface area contributed by atoms with Crippen LogP contribution in [0.2, 0.25) is 0 Å². The number of benzene rings is 1. The van der Waals surface area contributed by atoms with Crippen molar-refractivity contribution in [2.75, 3.05) is 26.2 Å². The van der Waals surface area contributed by atoms with Crippen molar-refractivity contribution >= 4 is 6.08 Å². The minimum Gasteiger partial charge on any atom is -0.324 e. The summed E-state index contributed by atoms with van der Waals surface area (Å²) in [6.07, 6.45) is 5.74. The van der Waals surface area contributed by atoms with E-state index in [2.05, 4.69) is 51.6 Å². The van der Waals surface area contributed by atoms with Crippen molar-refractivity contribution < 1.29 is 4.48 Å². The zero-order valence-corrected chi connectivity index (χ0v) is 13.0. The molecule has 0 aliphatic rings. The second-order valence-corrected chi connectivity index (χ2v) is 5.42. The summed E-state index contributed by atoms with van der Waals surface area (Å²) >= 11 is 0. The minimum atomic E-state index is 1.20. The van der Waals surface area contributed by atoms with Gasteiger partial charge in [-0.3, -0.25) is 0 Å². The van der Waals surface area contributed by atoms with Gasteiger partial charge in [-0.05, 0) is 51.2 Å². The topological polar surface area (TPSA) is 0 Å². The number of quaternary nitrogens is 1. The second-order valence-electron chi connectivity index (χ2n) is 5.42. The Hall–Kier alpha value is -1.08. The van der Waals surface area contributed by atoms with Crippen molar-refractivity contribution in [3.8, 4) is 0 Å². The summed E-state index contributed by atoms with van der Waals surface area (Å²) in [4.78, 5) is 0. The van der Waals surface area contributed by atoms with E-state index in [1.54, 1.807) is 0 Å². The number of rotatable bonds is 9. The molecule has 0 aromatic heterocycles. The van der Waals surface area contributed by atoms with Crippen LogP contribution in [0, 0.1) is 0 Å². The van der Waals surface area contributed by atoms with Gasteiger partial charge < -0.3 is 4.48 Å². The molecule has 0 atom stereocenters. The first-order valence-electron chi connectivity index (χ1n) is 7.76. The van der Waals surface area contributed by atoms with E-state index in [-0.39, 0.29) is 0 Å². The zero-order chi connectivity index (χ0) is 14.1. The summed E-state index contributed by atoms with van der Waals surface area (Å²) in [7, 11) is 0. The first kappa shape index (κ1) is 16.0. The lowest BCUT2D eigenvalue weighted by Crippen LogP contribution is -2.48. The van der Waals surface area contributed by atoms with Crippen LogP contribution in [0.4, 0.5) is 0 Å². The van der Waals surface area contributed by atoms with Crippen LogP contribution in [-0.4, -0.2) is 30.7 Å². The van der Waals surface area contributed by atoms with Crippen LogP contribution in [0.5, 0.6) is 0 Å². The predicted octanol–water partition coefficient (Wildman–Crippen LogP) is 4.53. The summed E-state index contributed by atoms with van der Waals surface area (Å²) in [6.45, 7) is 15.9. The van der Waals surface area contributed by atoms with E-state index in [0.717, 1.165) is 0 Å². The van der Waals surface area contributed by atoms with Crippen molar-refractivity contribution in [1.29, 1.82) is 0 Å². The molecular weight excluding hydrogens is 230 g/mol. The smallest absolute Gasteiger partial charge is 0.0786 e. The molecule has 1 heteroatoms. The highest BCUT2D eigenvalue weighted by molar-refractivity contribution is 5.47. The van der Waals surface area contributed by atoms with Crippen LogP contribution in [0.25, 0.3) is 6.08 Å². The van der Waals surface area contributed by atoms with Crippen molar-refractivity contribution in [2.24, 2.45) is 0 Å². The molecule has 0 amide bonds. The number of unbranched alkanes of at least 4 members (excludes halogenated alkanes) is 1. The van der Waals surface area contributed by atoms with Crippen LogP contribution >= 0.6 is 0 Å². The van der Waals surface area contributed by atoms with Gasteiger partial charge in [0.15, 0.2) is 0 Å². The lowest BCUT2D eigenvalue weighted by molar-refractivity contribution is -0.923. The number of hydrogen-bond acceptors (Lipinski definition) is 0. The maximum atomic E-state index is 3.79. The molecule has 1 aromatic carbocycles. The van der Waals surface area contributed by atoms with Crippen LogP contribution < -0.4 is 0 Å².